The van der Waals surface area contributed by atoms with Gasteiger partial charge in [-0.1, -0.05) is 82.3 Å². The second-order valence-electron chi connectivity index (χ2n) is 8.40. The molecule has 0 aromatic heterocycles. The van der Waals surface area contributed by atoms with Crippen molar-refractivity contribution in [1.82, 2.24) is 20.4 Å². The van der Waals surface area contributed by atoms with E-state index in [-0.39, 0.29) is 0 Å². The zero-order valence-electron chi connectivity index (χ0n) is 18.0. The Morgan fingerprint density at radius 1 is 0.733 bits per heavy atom. The average Bonchev–Trinajstić information content (AvgIpc) is 3.47. The van der Waals surface area contributed by atoms with E-state index in [2.05, 4.69) is 94.9 Å². The molecule has 4 nitrogen and oxygen atoms in total. The highest BCUT2D eigenvalue weighted by atomic mass is 33.1. The minimum atomic E-state index is 0.474. The van der Waals surface area contributed by atoms with Gasteiger partial charge in [0.05, 0.1) is 0 Å². The minimum Gasteiger partial charge on any atom is -0.299 e. The first-order valence-electron chi connectivity index (χ1n) is 11.0. The summed E-state index contributed by atoms with van der Waals surface area (Å²) in [6, 6.07) is 23.8. The second kappa shape index (κ2) is 11.0. The molecule has 6 heteroatoms. The lowest BCUT2D eigenvalue weighted by Crippen LogP contribution is -2.27. The van der Waals surface area contributed by atoms with E-state index in [1.54, 1.807) is 0 Å². The third kappa shape index (κ3) is 5.81. The summed E-state index contributed by atoms with van der Waals surface area (Å²) in [5, 5.41) is 7.39. The van der Waals surface area contributed by atoms with Gasteiger partial charge in [0.25, 0.3) is 0 Å². The molecule has 0 amide bonds. The standard InChI is InChI=1S/C24H34N4S2/c1-19(21-9-5-3-6-10-21)27-13-23(25-17-27)15-29-30-16-24-14-28(18-26-24)20(2)22-11-7-4-8-12-22/h3-12,19-20,23-26H,13-18H2,1-2H3/t19-,20-,23+,24+/m0/s1. The fraction of sp³-hybridized carbons (Fsp3) is 0.500. The lowest BCUT2D eigenvalue weighted by molar-refractivity contribution is 0.257. The number of hydrogen-bond acceptors (Lipinski definition) is 6. The van der Waals surface area contributed by atoms with Crippen molar-refractivity contribution in [2.45, 2.75) is 38.0 Å². The molecule has 2 aromatic carbocycles. The fourth-order valence-corrected chi connectivity index (χ4v) is 6.81. The van der Waals surface area contributed by atoms with Crippen molar-refractivity contribution >= 4 is 21.6 Å². The molecule has 4 rings (SSSR count). The van der Waals surface area contributed by atoms with E-state index in [4.69, 9.17) is 0 Å². The zero-order valence-corrected chi connectivity index (χ0v) is 19.7. The Morgan fingerprint density at radius 3 is 1.53 bits per heavy atom. The molecule has 2 aromatic rings. The number of rotatable bonds is 9. The summed E-state index contributed by atoms with van der Waals surface area (Å²) < 4.78 is 0. The van der Waals surface area contributed by atoms with Crippen LogP contribution in [-0.2, 0) is 0 Å². The van der Waals surface area contributed by atoms with Crippen LogP contribution in [0.1, 0.15) is 37.1 Å². The van der Waals surface area contributed by atoms with Crippen LogP contribution >= 0.6 is 21.6 Å². The molecular weight excluding hydrogens is 408 g/mol. The highest BCUT2D eigenvalue weighted by Gasteiger charge is 2.28. The van der Waals surface area contributed by atoms with Crippen LogP contribution in [0.4, 0.5) is 0 Å². The van der Waals surface area contributed by atoms with Gasteiger partial charge in [0.15, 0.2) is 0 Å². The molecule has 30 heavy (non-hydrogen) atoms. The first-order valence-corrected chi connectivity index (χ1v) is 13.5. The molecule has 162 valence electrons. The Morgan fingerprint density at radius 2 is 1.13 bits per heavy atom. The largest absolute Gasteiger partial charge is 0.299 e. The lowest BCUT2D eigenvalue weighted by Gasteiger charge is -2.24. The predicted molar refractivity (Wildman–Crippen MR) is 132 cm³/mol. The number of hydrogen-bond donors (Lipinski definition) is 2. The van der Waals surface area contributed by atoms with Gasteiger partial charge in [-0.15, -0.1) is 0 Å². The second-order valence-corrected chi connectivity index (χ2v) is 11.0. The van der Waals surface area contributed by atoms with Crippen molar-refractivity contribution in [3.05, 3.63) is 71.8 Å². The summed E-state index contributed by atoms with van der Waals surface area (Å²) in [7, 11) is 4.04. The van der Waals surface area contributed by atoms with Crippen molar-refractivity contribution in [3.8, 4) is 0 Å². The first-order chi connectivity index (χ1) is 14.7. The van der Waals surface area contributed by atoms with Crippen LogP contribution in [0.25, 0.3) is 0 Å². The molecule has 2 fully saturated rings. The van der Waals surface area contributed by atoms with Gasteiger partial charge in [-0.05, 0) is 25.0 Å². The lowest BCUT2D eigenvalue weighted by atomic mass is 10.1. The molecule has 0 spiro atoms. The maximum Gasteiger partial charge on any atom is 0.0489 e. The topological polar surface area (TPSA) is 30.5 Å². The highest BCUT2D eigenvalue weighted by Crippen LogP contribution is 2.29. The molecule has 2 aliphatic heterocycles. The van der Waals surface area contributed by atoms with Crippen molar-refractivity contribution in [2.75, 3.05) is 37.9 Å². The summed E-state index contributed by atoms with van der Waals surface area (Å²) >= 11 is 0. The number of nitrogens with zero attached hydrogens (tertiary/aromatic N) is 2. The molecule has 2 N–H and O–H groups in total. The van der Waals surface area contributed by atoms with Crippen LogP contribution in [-0.4, -0.2) is 59.8 Å². The van der Waals surface area contributed by atoms with E-state index in [1.165, 1.54) is 22.6 Å². The molecular formula is C24H34N4S2. The van der Waals surface area contributed by atoms with E-state index in [0.29, 0.717) is 24.2 Å². The highest BCUT2D eigenvalue weighted by molar-refractivity contribution is 8.76. The molecule has 0 aliphatic carbocycles. The Hall–Kier alpha value is -1.02. The van der Waals surface area contributed by atoms with Gasteiger partial charge < -0.3 is 0 Å². The third-order valence-corrected chi connectivity index (χ3v) is 8.92. The predicted octanol–water partition coefficient (Wildman–Crippen LogP) is 4.35. The van der Waals surface area contributed by atoms with Gasteiger partial charge in [-0.2, -0.15) is 0 Å². The third-order valence-electron chi connectivity index (χ3n) is 6.36. The summed E-state index contributed by atoms with van der Waals surface area (Å²) in [5.41, 5.74) is 2.81. The fourth-order valence-electron chi connectivity index (χ4n) is 4.28. The SMILES string of the molecule is C[C@@H](c1ccccc1)N1CN[C@@H](CSSC[C@H]2CN([C@@H](C)c3ccccc3)CN2)C1. The van der Waals surface area contributed by atoms with Gasteiger partial charge >= 0.3 is 0 Å². The van der Waals surface area contributed by atoms with E-state index in [9.17, 15) is 0 Å². The maximum atomic E-state index is 3.69. The Labute approximate surface area is 189 Å². The van der Waals surface area contributed by atoms with Crippen molar-refractivity contribution < 1.29 is 0 Å². The van der Waals surface area contributed by atoms with Gasteiger partial charge in [-0.3, -0.25) is 20.4 Å². The molecule has 2 aliphatic rings. The smallest absolute Gasteiger partial charge is 0.0489 e. The van der Waals surface area contributed by atoms with Gasteiger partial charge in [0.2, 0.25) is 0 Å². The molecule has 4 atom stereocenters. The van der Waals surface area contributed by atoms with Crippen molar-refractivity contribution in [2.24, 2.45) is 0 Å². The first kappa shape index (κ1) is 22.2. The summed E-state index contributed by atoms with van der Waals surface area (Å²) in [5.74, 6) is 2.33. The van der Waals surface area contributed by atoms with Crippen LogP contribution in [0.2, 0.25) is 0 Å². The van der Waals surface area contributed by atoms with E-state index in [0.717, 1.165) is 26.4 Å². The summed E-state index contributed by atoms with van der Waals surface area (Å²) in [6.07, 6.45) is 0. The molecule has 0 radical (unpaired) electrons. The quantitative estimate of drug-likeness (QED) is 0.443. The Kier molecular flexibility index (Phi) is 8.15. The molecule has 0 saturated carbocycles. The van der Waals surface area contributed by atoms with E-state index >= 15 is 0 Å². The molecule has 2 heterocycles. The Balaban J connectivity index is 1.13. The molecule has 0 bridgehead atoms. The zero-order chi connectivity index (χ0) is 20.8. The normalized spacial score (nSPS) is 24.9. The summed E-state index contributed by atoms with van der Waals surface area (Å²) in [6.45, 7) is 8.87. The molecule has 2 saturated heterocycles. The van der Waals surface area contributed by atoms with Crippen LogP contribution in [0.15, 0.2) is 60.7 Å². The number of nitrogens with one attached hydrogen (secondary N) is 2. The van der Waals surface area contributed by atoms with Crippen molar-refractivity contribution in [3.63, 3.8) is 0 Å². The van der Waals surface area contributed by atoms with Gasteiger partial charge in [0, 0.05) is 62.1 Å². The Bertz CT molecular complexity index is 695. The van der Waals surface area contributed by atoms with Crippen LogP contribution in [0.5, 0.6) is 0 Å². The van der Waals surface area contributed by atoms with E-state index < -0.39 is 0 Å². The van der Waals surface area contributed by atoms with Gasteiger partial charge in [-0.25, -0.2) is 0 Å². The molecule has 0 unspecified atom stereocenters. The van der Waals surface area contributed by atoms with Gasteiger partial charge in [0.1, 0.15) is 0 Å². The van der Waals surface area contributed by atoms with Crippen LogP contribution in [0.3, 0.4) is 0 Å². The average molecular weight is 443 g/mol. The minimum absolute atomic E-state index is 0.474. The monoisotopic (exact) mass is 442 g/mol. The van der Waals surface area contributed by atoms with E-state index in [1.807, 2.05) is 21.6 Å². The maximum absolute atomic E-state index is 3.69. The van der Waals surface area contributed by atoms with Crippen LogP contribution in [0, 0.1) is 0 Å². The summed E-state index contributed by atoms with van der Waals surface area (Å²) in [4.78, 5) is 5.10. The number of benzene rings is 2. The van der Waals surface area contributed by atoms with Crippen molar-refractivity contribution in [1.29, 1.82) is 0 Å². The van der Waals surface area contributed by atoms with Crippen LogP contribution < -0.4 is 10.6 Å².